The van der Waals surface area contributed by atoms with Crippen LogP contribution in [-0.4, -0.2) is 21.6 Å². The van der Waals surface area contributed by atoms with E-state index in [1.165, 1.54) is 0 Å². The van der Waals surface area contributed by atoms with Gasteiger partial charge in [0.05, 0.1) is 27.7 Å². The zero-order valence-electron chi connectivity index (χ0n) is 16.1. The molecular weight excluding hydrogens is 400 g/mol. The van der Waals surface area contributed by atoms with Crippen LogP contribution in [0.25, 0.3) is 5.69 Å². The third kappa shape index (κ3) is 3.21. The number of amides is 1. The molecule has 1 amide bonds. The Bertz CT molecular complexity index is 1260. The van der Waals surface area contributed by atoms with Gasteiger partial charge in [-0.15, -0.1) is 0 Å². The van der Waals surface area contributed by atoms with Crippen LogP contribution in [0.2, 0.25) is 5.02 Å². The van der Waals surface area contributed by atoms with Gasteiger partial charge in [-0.25, -0.2) is 9.67 Å². The Balaban J connectivity index is 1.57. The number of para-hydroxylation sites is 2. The second-order valence-electron chi connectivity index (χ2n) is 6.99. The van der Waals surface area contributed by atoms with Gasteiger partial charge >= 0.3 is 0 Å². The summed E-state index contributed by atoms with van der Waals surface area (Å²) in [5.41, 5.74) is 3.53. The maximum Gasteiger partial charge on any atom is 0.263 e. The summed E-state index contributed by atoms with van der Waals surface area (Å²) in [4.78, 5) is 19.4. The zero-order valence-corrected chi connectivity index (χ0v) is 16.9. The highest BCUT2D eigenvalue weighted by Crippen LogP contribution is 2.35. The van der Waals surface area contributed by atoms with E-state index in [1.54, 1.807) is 34.1 Å². The molecule has 0 atom stereocenters. The minimum absolute atomic E-state index is 0.248. The van der Waals surface area contributed by atoms with Gasteiger partial charge in [0.2, 0.25) is 5.90 Å². The highest BCUT2D eigenvalue weighted by molar-refractivity contribution is 6.35. The van der Waals surface area contributed by atoms with Crippen molar-refractivity contribution in [1.82, 2.24) is 9.78 Å². The Hall–Kier alpha value is -3.64. The molecule has 0 fully saturated rings. The van der Waals surface area contributed by atoms with Crippen LogP contribution in [0.4, 0.5) is 5.69 Å². The quantitative estimate of drug-likeness (QED) is 0.585. The van der Waals surface area contributed by atoms with Crippen molar-refractivity contribution in [2.45, 2.75) is 13.3 Å². The fraction of sp³-hybridized carbons (Fsp3) is 0.0870. The van der Waals surface area contributed by atoms with E-state index in [0.717, 1.165) is 17.0 Å². The number of rotatable bonds is 2. The summed E-state index contributed by atoms with van der Waals surface area (Å²) in [6.07, 6.45) is 7.89. The van der Waals surface area contributed by atoms with Gasteiger partial charge in [-0.1, -0.05) is 29.8 Å². The number of allylic oxidation sites excluding steroid dienone is 1. The first-order chi connectivity index (χ1) is 14.6. The molecule has 148 valence electrons. The predicted molar refractivity (Wildman–Crippen MR) is 116 cm³/mol. The highest BCUT2D eigenvalue weighted by atomic mass is 35.5. The van der Waals surface area contributed by atoms with Crippen molar-refractivity contribution in [2.24, 2.45) is 4.99 Å². The largest absolute Gasteiger partial charge is 0.436 e. The summed E-state index contributed by atoms with van der Waals surface area (Å²) in [6, 6.07) is 14.6. The molecule has 0 spiro atoms. The number of ether oxygens (including phenoxy) is 1. The number of aromatic nitrogens is 2. The van der Waals surface area contributed by atoms with Crippen LogP contribution >= 0.6 is 11.6 Å². The Kier molecular flexibility index (Phi) is 4.48. The van der Waals surface area contributed by atoms with Crippen LogP contribution in [0.5, 0.6) is 5.75 Å². The van der Waals surface area contributed by atoms with E-state index in [1.807, 2.05) is 55.6 Å². The maximum absolute atomic E-state index is 13.5. The minimum atomic E-state index is -0.248. The maximum atomic E-state index is 13.5. The minimum Gasteiger partial charge on any atom is -0.436 e. The predicted octanol–water partition coefficient (Wildman–Crippen LogP) is 5.07. The third-order valence-electron chi connectivity index (χ3n) is 4.91. The normalized spacial score (nSPS) is 14.8. The molecule has 2 aliphatic heterocycles. The van der Waals surface area contributed by atoms with Gasteiger partial charge in [0.1, 0.15) is 0 Å². The number of anilines is 1. The van der Waals surface area contributed by atoms with Crippen molar-refractivity contribution < 1.29 is 9.53 Å². The van der Waals surface area contributed by atoms with Crippen molar-refractivity contribution in [2.75, 3.05) is 4.90 Å². The molecule has 30 heavy (non-hydrogen) atoms. The molecule has 5 rings (SSSR count). The van der Waals surface area contributed by atoms with Crippen LogP contribution in [0.15, 0.2) is 83.8 Å². The summed E-state index contributed by atoms with van der Waals surface area (Å²) in [5, 5.41) is 4.74. The average Bonchev–Trinajstić information content (AvgIpc) is 3.11. The topological polar surface area (TPSA) is 59.7 Å². The van der Waals surface area contributed by atoms with Gasteiger partial charge in [0, 0.05) is 24.2 Å². The van der Waals surface area contributed by atoms with E-state index in [9.17, 15) is 4.79 Å². The summed E-state index contributed by atoms with van der Waals surface area (Å²) in [6.45, 7) is 1.92. The lowest BCUT2D eigenvalue weighted by Gasteiger charge is -2.20. The van der Waals surface area contributed by atoms with Gasteiger partial charge in [0.25, 0.3) is 5.91 Å². The second-order valence-corrected chi connectivity index (χ2v) is 7.40. The monoisotopic (exact) mass is 416 g/mol. The Morgan fingerprint density at radius 2 is 2.03 bits per heavy atom. The number of nitrogens with zero attached hydrogens (tertiary/aromatic N) is 4. The molecule has 1 aromatic heterocycles. The summed E-state index contributed by atoms with van der Waals surface area (Å²) in [5.74, 6) is 0.809. The molecule has 3 aromatic rings. The number of benzene rings is 2. The molecule has 2 aromatic carbocycles. The lowest BCUT2D eigenvalue weighted by atomic mass is 10.1. The number of carbonyl (C=O) groups is 1. The molecule has 0 N–H and O–H groups in total. The van der Waals surface area contributed by atoms with Crippen molar-refractivity contribution in [3.8, 4) is 11.4 Å². The van der Waals surface area contributed by atoms with E-state index >= 15 is 0 Å². The van der Waals surface area contributed by atoms with E-state index < -0.39 is 0 Å². The number of fused-ring (bicyclic) bond motifs is 2. The molecule has 6 nitrogen and oxygen atoms in total. The lowest BCUT2D eigenvalue weighted by Crippen LogP contribution is -2.26. The van der Waals surface area contributed by atoms with Gasteiger partial charge in [0.15, 0.2) is 5.75 Å². The summed E-state index contributed by atoms with van der Waals surface area (Å²) >= 11 is 6.53. The second kappa shape index (κ2) is 7.31. The Labute approximate surface area is 178 Å². The Morgan fingerprint density at radius 3 is 2.83 bits per heavy atom. The van der Waals surface area contributed by atoms with E-state index in [-0.39, 0.29) is 5.91 Å². The number of hydrogen-bond acceptors (Lipinski definition) is 4. The molecule has 0 bridgehead atoms. The van der Waals surface area contributed by atoms with Crippen molar-refractivity contribution >= 4 is 29.1 Å². The lowest BCUT2D eigenvalue weighted by molar-refractivity contribution is 0.0997. The van der Waals surface area contributed by atoms with Gasteiger partial charge in [-0.05, 0) is 49.7 Å². The smallest absolute Gasteiger partial charge is 0.263 e. The fourth-order valence-corrected chi connectivity index (χ4v) is 3.67. The fourth-order valence-electron chi connectivity index (χ4n) is 3.42. The van der Waals surface area contributed by atoms with Crippen molar-refractivity contribution in [3.63, 3.8) is 0 Å². The first-order valence-corrected chi connectivity index (χ1v) is 9.84. The summed E-state index contributed by atoms with van der Waals surface area (Å²) in [7, 11) is 0. The summed E-state index contributed by atoms with van der Waals surface area (Å²) < 4.78 is 7.70. The van der Waals surface area contributed by atoms with E-state index in [0.29, 0.717) is 34.3 Å². The van der Waals surface area contributed by atoms with E-state index in [4.69, 9.17) is 16.3 Å². The molecule has 0 saturated heterocycles. The standard InChI is InChI=1S/C23H17ClN4O2/c1-15-10-12-28(26-15)17-8-9-18(19(24)13-17)23(29)27-14-16-5-4-11-25-22(16)30-21-7-3-2-6-20(21)27/h2-4,6-14H,5H2,1H3. The molecule has 0 aliphatic carbocycles. The number of halogens is 1. The zero-order chi connectivity index (χ0) is 20.7. The first-order valence-electron chi connectivity index (χ1n) is 9.47. The Morgan fingerprint density at radius 1 is 1.17 bits per heavy atom. The molecule has 0 unspecified atom stereocenters. The number of aliphatic imine (C=N–C) groups is 1. The van der Waals surface area contributed by atoms with Crippen LogP contribution < -0.4 is 9.64 Å². The van der Waals surface area contributed by atoms with Gasteiger partial charge < -0.3 is 4.74 Å². The highest BCUT2D eigenvalue weighted by Gasteiger charge is 2.27. The molecule has 3 heterocycles. The molecule has 7 heteroatoms. The van der Waals surface area contributed by atoms with Crippen LogP contribution in [0.3, 0.4) is 0 Å². The number of hydrogen-bond donors (Lipinski definition) is 0. The van der Waals surface area contributed by atoms with Crippen molar-refractivity contribution in [1.29, 1.82) is 0 Å². The molecule has 2 aliphatic rings. The van der Waals surface area contributed by atoms with Gasteiger partial charge in [-0.3, -0.25) is 9.69 Å². The number of carbonyl (C=O) groups excluding carboxylic acids is 1. The molecule has 0 saturated carbocycles. The van der Waals surface area contributed by atoms with Gasteiger partial charge in [-0.2, -0.15) is 5.10 Å². The average molecular weight is 417 g/mol. The number of aryl methyl sites for hydroxylation is 1. The van der Waals surface area contributed by atoms with Crippen LogP contribution in [-0.2, 0) is 0 Å². The third-order valence-corrected chi connectivity index (χ3v) is 5.23. The first kappa shape index (κ1) is 18.4. The van der Waals surface area contributed by atoms with Crippen molar-refractivity contribution in [3.05, 3.63) is 95.1 Å². The van der Waals surface area contributed by atoms with Crippen LogP contribution in [0, 0.1) is 6.92 Å². The molecule has 0 radical (unpaired) electrons. The molecular formula is C23H17ClN4O2. The van der Waals surface area contributed by atoms with Crippen LogP contribution in [0.1, 0.15) is 22.5 Å². The SMILES string of the molecule is Cc1ccn(-c2ccc(C(=O)N3C=C4CC=CN=C4Oc4ccccc43)c(Cl)c2)n1. The van der Waals surface area contributed by atoms with E-state index in [2.05, 4.69) is 10.1 Å².